The molecule has 3 rings (SSSR count). The zero-order chi connectivity index (χ0) is 16.4. The van der Waals surface area contributed by atoms with Crippen molar-refractivity contribution >= 4 is 28.9 Å². The van der Waals surface area contributed by atoms with Gasteiger partial charge in [0.15, 0.2) is 0 Å². The summed E-state index contributed by atoms with van der Waals surface area (Å²) < 4.78 is 0. The number of nitrogens with zero attached hydrogens (tertiary/aromatic N) is 2. The van der Waals surface area contributed by atoms with Crippen molar-refractivity contribution in [2.45, 2.75) is 19.8 Å². The van der Waals surface area contributed by atoms with Crippen molar-refractivity contribution in [1.29, 1.82) is 0 Å². The molecule has 1 fully saturated rings. The van der Waals surface area contributed by atoms with E-state index in [0.717, 1.165) is 43.1 Å². The van der Waals surface area contributed by atoms with Gasteiger partial charge < -0.3 is 9.80 Å². The first-order valence-corrected chi connectivity index (χ1v) is 9.39. The fourth-order valence-electron chi connectivity index (χ4n) is 4.04. The maximum Gasteiger partial charge on any atom is 0.0612 e. The molecule has 0 N–H and O–H groups in total. The maximum atomic E-state index is 6.15. The highest BCUT2D eigenvalue weighted by Crippen LogP contribution is 2.43. The Balaban J connectivity index is 1.51. The van der Waals surface area contributed by atoms with Crippen LogP contribution in [0.2, 0.25) is 10.0 Å². The third-order valence-corrected chi connectivity index (χ3v) is 6.10. The van der Waals surface area contributed by atoms with E-state index < -0.39 is 0 Å². The number of benzene rings is 1. The van der Waals surface area contributed by atoms with Crippen LogP contribution < -0.4 is 4.90 Å². The van der Waals surface area contributed by atoms with Crippen LogP contribution in [0.5, 0.6) is 0 Å². The number of hydrogen-bond acceptors (Lipinski definition) is 2. The van der Waals surface area contributed by atoms with Crippen LogP contribution >= 0.6 is 23.2 Å². The van der Waals surface area contributed by atoms with Crippen LogP contribution in [0, 0.1) is 17.8 Å². The molecule has 1 aromatic rings. The Morgan fingerprint density at radius 3 is 2.52 bits per heavy atom. The maximum absolute atomic E-state index is 6.15. The molecule has 3 unspecified atom stereocenters. The van der Waals surface area contributed by atoms with Crippen molar-refractivity contribution < 1.29 is 0 Å². The predicted octanol–water partition coefficient (Wildman–Crippen LogP) is 4.96. The summed E-state index contributed by atoms with van der Waals surface area (Å²) in [7, 11) is 2.25. The van der Waals surface area contributed by atoms with Crippen LogP contribution in [0.3, 0.4) is 0 Å². The standard InChI is InChI=1S/C19H26Cl2N2/c1-3-23(17-6-7-18(20)19(21)12-17)9-8-22(2)13-16-11-14-4-5-15(16)10-14/h4-7,12,14-16H,3,8-11,13H2,1-2H3. The Hall–Kier alpha value is -0.700. The summed E-state index contributed by atoms with van der Waals surface area (Å²) in [6.45, 7) is 6.46. The first-order valence-electron chi connectivity index (χ1n) is 8.63. The Morgan fingerprint density at radius 1 is 1.09 bits per heavy atom. The third kappa shape index (κ3) is 4.04. The highest BCUT2D eigenvalue weighted by atomic mass is 35.5. The molecule has 4 heteroatoms. The Morgan fingerprint density at radius 2 is 1.91 bits per heavy atom. The average molecular weight is 353 g/mol. The van der Waals surface area contributed by atoms with Crippen molar-refractivity contribution in [3.8, 4) is 0 Å². The number of anilines is 1. The molecule has 0 radical (unpaired) electrons. The topological polar surface area (TPSA) is 6.48 Å². The normalized spacial score (nSPS) is 25.5. The molecule has 1 aromatic carbocycles. The molecule has 2 aliphatic carbocycles. The van der Waals surface area contributed by atoms with Gasteiger partial charge in [0.2, 0.25) is 0 Å². The Kier molecular flexibility index (Phi) is 5.56. The molecule has 2 aliphatic rings. The van der Waals surface area contributed by atoms with E-state index in [-0.39, 0.29) is 0 Å². The van der Waals surface area contributed by atoms with Crippen molar-refractivity contribution in [3.63, 3.8) is 0 Å². The number of halogens is 2. The number of fused-ring (bicyclic) bond motifs is 2. The molecule has 2 nitrogen and oxygen atoms in total. The van der Waals surface area contributed by atoms with Crippen LogP contribution in [-0.4, -0.2) is 38.1 Å². The predicted molar refractivity (Wildman–Crippen MR) is 101 cm³/mol. The second kappa shape index (κ2) is 7.46. The molecular formula is C19H26Cl2N2. The molecule has 3 atom stereocenters. The van der Waals surface area contributed by atoms with E-state index in [2.05, 4.69) is 42.0 Å². The summed E-state index contributed by atoms with van der Waals surface area (Å²) in [6, 6.07) is 5.90. The van der Waals surface area contributed by atoms with Crippen LogP contribution in [-0.2, 0) is 0 Å². The van der Waals surface area contributed by atoms with Crippen LogP contribution in [0.1, 0.15) is 19.8 Å². The number of hydrogen-bond donors (Lipinski definition) is 0. The highest BCUT2D eigenvalue weighted by Gasteiger charge is 2.35. The van der Waals surface area contributed by atoms with Gasteiger partial charge in [0.25, 0.3) is 0 Å². The van der Waals surface area contributed by atoms with Crippen LogP contribution in [0.15, 0.2) is 30.4 Å². The largest absolute Gasteiger partial charge is 0.370 e. The summed E-state index contributed by atoms with van der Waals surface area (Å²) in [5, 5.41) is 1.25. The van der Waals surface area contributed by atoms with E-state index in [0.29, 0.717) is 10.0 Å². The Bertz CT molecular complexity index is 572. The number of allylic oxidation sites excluding steroid dienone is 2. The Labute approximate surface area is 150 Å². The van der Waals surface area contributed by atoms with Gasteiger partial charge in [-0.1, -0.05) is 35.4 Å². The highest BCUT2D eigenvalue weighted by molar-refractivity contribution is 6.42. The lowest BCUT2D eigenvalue weighted by Crippen LogP contribution is -2.36. The summed E-state index contributed by atoms with van der Waals surface area (Å²) in [6.07, 6.45) is 7.64. The van der Waals surface area contributed by atoms with Gasteiger partial charge >= 0.3 is 0 Å². The van der Waals surface area contributed by atoms with Gasteiger partial charge in [-0.3, -0.25) is 0 Å². The van der Waals surface area contributed by atoms with E-state index in [1.807, 2.05) is 12.1 Å². The average Bonchev–Trinajstić information content (AvgIpc) is 3.14. The van der Waals surface area contributed by atoms with Gasteiger partial charge in [0.1, 0.15) is 0 Å². The molecule has 0 heterocycles. The lowest BCUT2D eigenvalue weighted by Gasteiger charge is -2.29. The van der Waals surface area contributed by atoms with Crippen molar-refractivity contribution in [1.82, 2.24) is 4.90 Å². The fraction of sp³-hybridized carbons (Fsp3) is 0.579. The molecule has 0 aromatic heterocycles. The van der Waals surface area contributed by atoms with Gasteiger partial charge in [-0.05, 0) is 62.8 Å². The van der Waals surface area contributed by atoms with Crippen LogP contribution in [0.4, 0.5) is 5.69 Å². The van der Waals surface area contributed by atoms with E-state index >= 15 is 0 Å². The third-order valence-electron chi connectivity index (χ3n) is 5.36. The molecule has 0 saturated heterocycles. The van der Waals surface area contributed by atoms with Gasteiger partial charge in [0, 0.05) is 31.9 Å². The van der Waals surface area contributed by atoms with E-state index in [1.165, 1.54) is 19.4 Å². The summed E-state index contributed by atoms with van der Waals surface area (Å²) in [4.78, 5) is 4.85. The van der Waals surface area contributed by atoms with Crippen molar-refractivity contribution in [3.05, 3.63) is 40.4 Å². The van der Waals surface area contributed by atoms with Crippen molar-refractivity contribution in [2.24, 2.45) is 17.8 Å². The molecule has 23 heavy (non-hydrogen) atoms. The second-order valence-electron chi connectivity index (χ2n) is 6.98. The lowest BCUT2D eigenvalue weighted by molar-refractivity contribution is 0.258. The molecule has 1 saturated carbocycles. The van der Waals surface area contributed by atoms with Gasteiger partial charge in [-0.25, -0.2) is 0 Å². The number of rotatable bonds is 7. The smallest absolute Gasteiger partial charge is 0.0612 e. The van der Waals surface area contributed by atoms with Gasteiger partial charge in [-0.15, -0.1) is 0 Å². The van der Waals surface area contributed by atoms with E-state index in [4.69, 9.17) is 23.2 Å². The monoisotopic (exact) mass is 352 g/mol. The number of likely N-dealkylation sites (N-methyl/N-ethyl adjacent to an activating group) is 2. The lowest BCUT2D eigenvalue weighted by atomic mass is 9.93. The van der Waals surface area contributed by atoms with Gasteiger partial charge in [-0.2, -0.15) is 0 Å². The second-order valence-corrected chi connectivity index (χ2v) is 7.80. The first-order chi connectivity index (χ1) is 11.1. The molecule has 126 valence electrons. The minimum atomic E-state index is 0.618. The zero-order valence-corrected chi connectivity index (χ0v) is 15.5. The quantitative estimate of drug-likeness (QED) is 0.639. The minimum absolute atomic E-state index is 0.618. The molecule has 0 amide bonds. The molecule has 0 aliphatic heterocycles. The fourth-order valence-corrected chi connectivity index (χ4v) is 4.33. The minimum Gasteiger partial charge on any atom is -0.370 e. The van der Waals surface area contributed by atoms with Gasteiger partial charge in [0.05, 0.1) is 10.0 Å². The molecule has 0 spiro atoms. The molecular weight excluding hydrogens is 327 g/mol. The van der Waals surface area contributed by atoms with E-state index in [1.54, 1.807) is 0 Å². The summed E-state index contributed by atoms with van der Waals surface area (Å²) >= 11 is 12.2. The van der Waals surface area contributed by atoms with E-state index in [9.17, 15) is 0 Å². The van der Waals surface area contributed by atoms with Crippen LogP contribution in [0.25, 0.3) is 0 Å². The van der Waals surface area contributed by atoms with Crippen molar-refractivity contribution in [2.75, 3.05) is 38.1 Å². The zero-order valence-electron chi connectivity index (χ0n) is 14.0. The summed E-state index contributed by atoms with van der Waals surface area (Å²) in [5.74, 6) is 2.55. The summed E-state index contributed by atoms with van der Waals surface area (Å²) in [5.41, 5.74) is 1.15. The molecule has 2 bridgehead atoms. The SMILES string of the molecule is CCN(CCN(C)CC1CC2C=CC1C2)c1ccc(Cl)c(Cl)c1. The first kappa shape index (κ1) is 17.1.